The van der Waals surface area contributed by atoms with Gasteiger partial charge < -0.3 is 24.8 Å². The maximum Gasteiger partial charge on any atom is 0.341 e. The third-order valence-electron chi connectivity index (χ3n) is 6.51. The van der Waals surface area contributed by atoms with Crippen molar-refractivity contribution >= 4 is 51.3 Å². The molecule has 2 fully saturated rings. The number of piperazine rings is 1. The molecule has 2 aliphatic rings. The summed E-state index contributed by atoms with van der Waals surface area (Å²) < 4.78 is 16.9. The van der Waals surface area contributed by atoms with E-state index >= 15 is 4.39 Å². The highest BCUT2D eigenvalue weighted by Gasteiger charge is 2.28. The Kier molecular flexibility index (Phi) is 6.04. The molecule has 0 unspecified atom stereocenters. The van der Waals surface area contributed by atoms with Gasteiger partial charge in [-0.3, -0.25) is 14.9 Å². The number of aromatic nitrogens is 1. The van der Waals surface area contributed by atoms with Gasteiger partial charge >= 0.3 is 5.97 Å². The molecule has 2 N–H and O–H groups in total. The summed E-state index contributed by atoms with van der Waals surface area (Å²) in [5, 5.41) is 23.8. The number of anilines is 2. The van der Waals surface area contributed by atoms with E-state index in [2.05, 4.69) is 5.32 Å². The first-order valence-electron chi connectivity index (χ1n) is 11.4. The topological polar surface area (TPSA) is 121 Å². The number of carboxylic acids is 1. The highest BCUT2D eigenvalue weighted by Crippen LogP contribution is 2.38. The van der Waals surface area contributed by atoms with Crippen molar-refractivity contribution in [2.75, 3.05) is 36.4 Å². The van der Waals surface area contributed by atoms with Crippen LogP contribution in [0.3, 0.4) is 0 Å². The Morgan fingerprint density at radius 3 is 2.39 bits per heavy atom. The Bertz CT molecular complexity index is 1450. The molecule has 1 aliphatic carbocycles. The number of halogens is 1. The SMILES string of the molecule is O=C(O)c1cn(C2CC2)c2cc(N3CCN(C(=S)Nc4ccc([N+](=O)[O-])cc4)CC3)c(F)cc2c1=O. The lowest BCUT2D eigenvalue weighted by Crippen LogP contribution is -2.50. The van der Waals surface area contributed by atoms with Crippen LogP contribution in [-0.2, 0) is 0 Å². The lowest BCUT2D eigenvalue weighted by atomic mass is 10.1. The predicted octanol–water partition coefficient (Wildman–Crippen LogP) is 3.60. The van der Waals surface area contributed by atoms with Crippen LogP contribution in [0.5, 0.6) is 0 Å². The summed E-state index contributed by atoms with van der Waals surface area (Å²) >= 11 is 5.49. The van der Waals surface area contributed by atoms with E-state index in [1.165, 1.54) is 18.3 Å². The average Bonchev–Trinajstić information content (AvgIpc) is 3.70. The van der Waals surface area contributed by atoms with Crippen molar-refractivity contribution in [1.82, 2.24) is 9.47 Å². The fraction of sp³-hybridized carbons (Fsp3) is 0.292. The molecule has 5 rings (SSSR count). The Labute approximate surface area is 209 Å². The molecule has 1 saturated heterocycles. The van der Waals surface area contributed by atoms with Crippen LogP contribution in [0.2, 0.25) is 0 Å². The number of carbonyl (C=O) groups is 1. The van der Waals surface area contributed by atoms with E-state index in [-0.39, 0.29) is 22.7 Å². The van der Waals surface area contributed by atoms with Crippen molar-refractivity contribution in [3.63, 3.8) is 0 Å². The van der Waals surface area contributed by atoms with Crippen LogP contribution in [0.25, 0.3) is 10.9 Å². The highest BCUT2D eigenvalue weighted by atomic mass is 32.1. The molecule has 2 heterocycles. The van der Waals surface area contributed by atoms with Crippen molar-refractivity contribution in [2.24, 2.45) is 0 Å². The fourth-order valence-corrected chi connectivity index (χ4v) is 4.73. The number of non-ortho nitro benzene ring substituents is 1. The van der Waals surface area contributed by atoms with Gasteiger partial charge in [-0.2, -0.15) is 0 Å². The van der Waals surface area contributed by atoms with Gasteiger partial charge in [0.25, 0.3) is 5.69 Å². The van der Waals surface area contributed by atoms with Crippen LogP contribution in [0.1, 0.15) is 29.2 Å². The fourth-order valence-electron chi connectivity index (χ4n) is 4.43. The van der Waals surface area contributed by atoms with Gasteiger partial charge in [-0.05, 0) is 49.3 Å². The summed E-state index contributed by atoms with van der Waals surface area (Å²) in [6.07, 6.45) is 3.12. The zero-order chi connectivity index (χ0) is 25.6. The molecule has 1 saturated carbocycles. The van der Waals surface area contributed by atoms with Crippen LogP contribution in [0.4, 0.5) is 21.5 Å². The number of hydrogen-bond acceptors (Lipinski definition) is 6. The van der Waals surface area contributed by atoms with Gasteiger partial charge in [-0.25, -0.2) is 9.18 Å². The molecule has 1 aromatic heterocycles. The summed E-state index contributed by atoms with van der Waals surface area (Å²) in [5.74, 6) is -1.90. The minimum atomic E-state index is -1.32. The second-order valence-electron chi connectivity index (χ2n) is 8.84. The number of thiocarbonyl (C=S) groups is 1. The van der Waals surface area contributed by atoms with Gasteiger partial charge in [-0.1, -0.05) is 0 Å². The highest BCUT2D eigenvalue weighted by molar-refractivity contribution is 7.80. The Hall–Kier alpha value is -4.06. The van der Waals surface area contributed by atoms with Gasteiger partial charge in [-0.15, -0.1) is 0 Å². The van der Waals surface area contributed by atoms with Gasteiger partial charge in [0.15, 0.2) is 5.11 Å². The first kappa shape index (κ1) is 23.7. The molecule has 0 amide bonds. The van der Waals surface area contributed by atoms with E-state index < -0.39 is 22.1 Å². The first-order chi connectivity index (χ1) is 17.2. The van der Waals surface area contributed by atoms with Crippen molar-refractivity contribution in [3.05, 3.63) is 74.3 Å². The predicted molar refractivity (Wildman–Crippen MR) is 136 cm³/mol. The first-order valence-corrected chi connectivity index (χ1v) is 11.8. The number of benzene rings is 2. The maximum atomic E-state index is 15.2. The van der Waals surface area contributed by atoms with Crippen LogP contribution in [-0.4, -0.2) is 56.8 Å². The Balaban J connectivity index is 1.33. The van der Waals surface area contributed by atoms with Crippen LogP contribution in [0, 0.1) is 15.9 Å². The smallest absolute Gasteiger partial charge is 0.341 e. The lowest BCUT2D eigenvalue weighted by Gasteiger charge is -2.37. The number of nitrogens with one attached hydrogen (secondary N) is 1. The molecule has 186 valence electrons. The summed E-state index contributed by atoms with van der Waals surface area (Å²) in [6.45, 7) is 1.99. The molecule has 2 aromatic carbocycles. The Morgan fingerprint density at radius 2 is 1.81 bits per heavy atom. The van der Waals surface area contributed by atoms with Crippen LogP contribution < -0.4 is 15.6 Å². The zero-order valence-electron chi connectivity index (χ0n) is 19.0. The number of nitrogens with zero attached hydrogens (tertiary/aromatic N) is 4. The second-order valence-corrected chi connectivity index (χ2v) is 9.23. The number of nitro groups is 1. The molecular weight excluding hydrogens is 489 g/mol. The number of hydrogen-bond donors (Lipinski definition) is 2. The summed E-state index contributed by atoms with van der Waals surface area (Å²) in [6, 6.07) is 8.84. The van der Waals surface area contributed by atoms with Gasteiger partial charge in [0.05, 0.1) is 16.1 Å². The van der Waals surface area contributed by atoms with Crippen LogP contribution >= 0.6 is 12.2 Å². The minimum absolute atomic E-state index is 0.0104. The molecule has 0 bridgehead atoms. The minimum Gasteiger partial charge on any atom is -0.477 e. The normalized spacial score (nSPS) is 15.7. The number of rotatable bonds is 5. The average molecular weight is 512 g/mol. The number of pyridine rings is 1. The van der Waals surface area contributed by atoms with Crippen molar-refractivity contribution in [2.45, 2.75) is 18.9 Å². The lowest BCUT2D eigenvalue weighted by molar-refractivity contribution is -0.384. The Morgan fingerprint density at radius 1 is 1.14 bits per heavy atom. The van der Waals surface area contributed by atoms with Crippen molar-refractivity contribution in [3.8, 4) is 0 Å². The van der Waals surface area contributed by atoms with E-state index in [1.807, 2.05) is 9.80 Å². The van der Waals surface area contributed by atoms with Crippen LogP contribution in [0.15, 0.2) is 47.4 Å². The number of nitro benzene ring substituents is 1. The van der Waals surface area contributed by atoms with Crippen molar-refractivity contribution in [1.29, 1.82) is 0 Å². The number of fused-ring (bicyclic) bond motifs is 1. The van der Waals surface area contributed by atoms with E-state index in [1.54, 1.807) is 22.8 Å². The quantitative estimate of drug-likeness (QED) is 0.301. The molecule has 0 spiro atoms. The van der Waals surface area contributed by atoms with E-state index in [4.69, 9.17) is 12.2 Å². The third kappa shape index (κ3) is 4.47. The molecule has 0 atom stereocenters. The molecule has 1 aliphatic heterocycles. The van der Waals surface area contributed by atoms with Gasteiger partial charge in [0.2, 0.25) is 5.43 Å². The molecule has 10 nitrogen and oxygen atoms in total. The summed E-state index contributed by atoms with van der Waals surface area (Å²) in [5.41, 5.74) is 0.461. The molecule has 36 heavy (non-hydrogen) atoms. The maximum absolute atomic E-state index is 15.2. The third-order valence-corrected chi connectivity index (χ3v) is 6.87. The van der Waals surface area contributed by atoms with Gasteiger partial charge in [0, 0.05) is 61.6 Å². The molecule has 12 heteroatoms. The van der Waals surface area contributed by atoms with Gasteiger partial charge in [0.1, 0.15) is 11.4 Å². The number of carboxylic acid groups (broad SMARTS) is 1. The number of aromatic carboxylic acids is 1. The van der Waals surface area contributed by atoms with E-state index in [0.717, 1.165) is 18.9 Å². The molecule has 0 radical (unpaired) electrons. The monoisotopic (exact) mass is 511 g/mol. The van der Waals surface area contributed by atoms with E-state index in [9.17, 15) is 24.8 Å². The van der Waals surface area contributed by atoms with E-state index in [0.29, 0.717) is 48.2 Å². The molecule has 3 aromatic rings. The standard InChI is InChI=1S/C24H22FN5O5S/c25-19-11-17-20(29(15-5-6-15)13-18(22(17)31)23(32)33)12-21(19)27-7-9-28(10-8-27)24(36)26-14-1-3-16(4-2-14)30(34)35/h1-4,11-13,15H,5-10H2,(H,26,36)(H,32,33). The zero-order valence-corrected chi connectivity index (χ0v) is 19.8. The summed E-state index contributed by atoms with van der Waals surface area (Å²) in [7, 11) is 0. The largest absolute Gasteiger partial charge is 0.477 e. The second kappa shape index (κ2) is 9.19. The van der Waals surface area contributed by atoms with Crippen molar-refractivity contribution < 1.29 is 19.2 Å². The summed E-state index contributed by atoms with van der Waals surface area (Å²) in [4.78, 5) is 38.4. The molecular formula is C24H22FN5O5S.